The highest BCUT2D eigenvalue weighted by Crippen LogP contribution is 2.28. The second-order valence-electron chi connectivity index (χ2n) is 4.26. The van der Waals surface area contributed by atoms with Crippen LogP contribution in [0.3, 0.4) is 0 Å². The molecular weight excluding hydrogens is 304 g/mol. The van der Waals surface area contributed by atoms with Gasteiger partial charge in [-0.25, -0.2) is 0 Å². The van der Waals surface area contributed by atoms with Crippen LogP contribution in [0.2, 0.25) is 0 Å². The first-order valence-electron chi connectivity index (χ1n) is 6.08. The van der Waals surface area contributed by atoms with Gasteiger partial charge in [0.2, 0.25) is 0 Å². The summed E-state index contributed by atoms with van der Waals surface area (Å²) < 4.78 is 6.43. The molecule has 3 N–H and O–H groups in total. The molecule has 2 rings (SSSR count). The third-order valence-electron chi connectivity index (χ3n) is 3.10. The van der Waals surface area contributed by atoms with Crippen molar-refractivity contribution in [2.45, 2.75) is 12.5 Å². The predicted molar refractivity (Wildman–Crippen MR) is 80.9 cm³/mol. The summed E-state index contributed by atoms with van der Waals surface area (Å²) in [6.45, 7) is 0. The molecule has 1 atom stereocenters. The van der Waals surface area contributed by atoms with E-state index in [0.29, 0.717) is 0 Å². The summed E-state index contributed by atoms with van der Waals surface area (Å²) >= 11 is 3.56. The summed E-state index contributed by atoms with van der Waals surface area (Å²) in [5, 5.41) is 0. The Morgan fingerprint density at radius 1 is 1.16 bits per heavy atom. The first-order valence-corrected chi connectivity index (χ1v) is 6.88. The molecule has 3 nitrogen and oxygen atoms in total. The van der Waals surface area contributed by atoms with E-state index < -0.39 is 0 Å². The van der Waals surface area contributed by atoms with Crippen LogP contribution in [-0.2, 0) is 6.42 Å². The average molecular weight is 321 g/mol. The second kappa shape index (κ2) is 6.70. The Morgan fingerprint density at radius 2 is 1.84 bits per heavy atom. The van der Waals surface area contributed by atoms with Gasteiger partial charge in [0.05, 0.1) is 13.2 Å². The molecule has 0 bridgehead atoms. The van der Waals surface area contributed by atoms with Crippen LogP contribution < -0.4 is 16.0 Å². The van der Waals surface area contributed by atoms with Gasteiger partial charge in [0.15, 0.2) is 0 Å². The maximum atomic E-state index is 5.70. The van der Waals surface area contributed by atoms with Crippen LogP contribution in [0.1, 0.15) is 17.2 Å². The van der Waals surface area contributed by atoms with Crippen LogP contribution in [0.15, 0.2) is 53.0 Å². The van der Waals surface area contributed by atoms with Gasteiger partial charge in [-0.3, -0.25) is 11.3 Å². The summed E-state index contributed by atoms with van der Waals surface area (Å²) in [5.41, 5.74) is 5.14. The topological polar surface area (TPSA) is 47.3 Å². The van der Waals surface area contributed by atoms with Gasteiger partial charge < -0.3 is 4.74 Å². The summed E-state index contributed by atoms with van der Waals surface area (Å²) in [6, 6.07) is 16.1. The number of para-hydroxylation sites is 1. The molecule has 1 unspecified atom stereocenters. The van der Waals surface area contributed by atoms with Crippen molar-refractivity contribution in [2.24, 2.45) is 5.84 Å². The molecule has 0 aliphatic rings. The quantitative estimate of drug-likeness (QED) is 0.657. The normalized spacial score (nSPS) is 12.2. The Balaban J connectivity index is 2.27. The van der Waals surface area contributed by atoms with Crippen molar-refractivity contribution in [3.8, 4) is 5.75 Å². The molecule has 4 heteroatoms. The van der Waals surface area contributed by atoms with Crippen molar-refractivity contribution in [3.05, 3.63) is 64.1 Å². The van der Waals surface area contributed by atoms with E-state index >= 15 is 0 Å². The zero-order valence-corrected chi connectivity index (χ0v) is 12.4. The zero-order chi connectivity index (χ0) is 13.7. The smallest absolute Gasteiger partial charge is 0.122 e. The molecule has 100 valence electrons. The van der Waals surface area contributed by atoms with E-state index in [9.17, 15) is 0 Å². The fourth-order valence-electron chi connectivity index (χ4n) is 2.11. The molecule has 19 heavy (non-hydrogen) atoms. The maximum absolute atomic E-state index is 5.70. The van der Waals surface area contributed by atoms with Crippen LogP contribution in [0, 0.1) is 0 Å². The fraction of sp³-hybridized carbons (Fsp3) is 0.200. The highest BCUT2D eigenvalue weighted by Gasteiger charge is 2.15. The highest BCUT2D eigenvalue weighted by atomic mass is 79.9. The van der Waals surface area contributed by atoms with Crippen molar-refractivity contribution >= 4 is 15.9 Å². The summed E-state index contributed by atoms with van der Waals surface area (Å²) in [4.78, 5) is 0. The van der Waals surface area contributed by atoms with E-state index in [0.717, 1.165) is 27.8 Å². The SMILES string of the molecule is COc1ccccc1CC(NN)c1ccccc1Br. The van der Waals surface area contributed by atoms with Gasteiger partial charge >= 0.3 is 0 Å². The monoisotopic (exact) mass is 320 g/mol. The lowest BCUT2D eigenvalue weighted by molar-refractivity contribution is 0.405. The fourth-order valence-corrected chi connectivity index (χ4v) is 2.67. The molecule has 2 aromatic rings. The minimum absolute atomic E-state index is 0.0341. The first-order chi connectivity index (χ1) is 9.26. The van der Waals surface area contributed by atoms with Crippen molar-refractivity contribution < 1.29 is 4.74 Å². The van der Waals surface area contributed by atoms with Crippen LogP contribution in [-0.4, -0.2) is 7.11 Å². The molecule has 0 saturated carbocycles. The summed E-state index contributed by atoms with van der Waals surface area (Å²) in [6.07, 6.45) is 0.767. The molecule has 0 aliphatic heterocycles. The van der Waals surface area contributed by atoms with Gasteiger partial charge in [-0.15, -0.1) is 0 Å². The molecular formula is C15H17BrN2O. The van der Waals surface area contributed by atoms with E-state index in [1.165, 1.54) is 0 Å². The summed E-state index contributed by atoms with van der Waals surface area (Å²) in [7, 11) is 1.68. The lowest BCUT2D eigenvalue weighted by Crippen LogP contribution is -2.30. The number of hydrazine groups is 1. The van der Waals surface area contributed by atoms with Gasteiger partial charge in [-0.2, -0.15) is 0 Å². The van der Waals surface area contributed by atoms with Gasteiger partial charge in [0, 0.05) is 4.47 Å². The minimum atomic E-state index is 0.0341. The van der Waals surface area contributed by atoms with Gasteiger partial charge in [0.25, 0.3) is 0 Å². The van der Waals surface area contributed by atoms with E-state index in [2.05, 4.69) is 33.5 Å². The maximum Gasteiger partial charge on any atom is 0.122 e. The molecule has 0 aromatic heterocycles. The number of nitrogens with one attached hydrogen (secondary N) is 1. The van der Waals surface area contributed by atoms with Crippen molar-refractivity contribution in [3.63, 3.8) is 0 Å². The predicted octanol–water partition coefficient (Wildman–Crippen LogP) is 3.20. The molecule has 0 heterocycles. The number of ether oxygens (including phenoxy) is 1. The molecule has 2 aromatic carbocycles. The van der Waals surface area contributed by atoms with E-state index in [1.54, 1.807) is 7.11 Å². The van der Waals surface area contributed by atoms with Crippen LogP contribution >= 0.6 is 15.9 Å². The minimum Gasteiger partial charge on any atom is -0.496 e. The van der Waals surface area contributed by atoms with Crippen LogP contribution in [0.4, 0.5) is 0 Å². The molecule has 0 fully saturated rings. The Labute approximate surface area is 121 Å². The standard InChI is InChI=1S/C15H17BrN2O/c1-19-15-9-5-2-6-11(15)10-14(18-17)12-7-3-4-8-13(12)16/h2-9,14,18H,10,17H2,1H3. The number of hydrogen-bond acceptors (Lipinski definition) is 3. The Morgan fingerprint density at radius 3 is 2.53 bits per heavy atom. The van der Waals surface area contributed by atoms with Crippen LogP contribution in [0.25, 0.3) is 0 Å². The molecule has 0 saturated heterocycles. The van der Waals surface area contributed by atoms with Crippen molar-refractivity contribution in [2.75, 3.05) is 7.11 Å². The Kier molecular flexibility index (Phi) is 4.96. The van der Waals surface area contributed by atoms with E-state index in [1.807, 2.05) is 36.4 Å². The molecule has 0 spiro atoms. The third kappa shape index (κ3) is 3.35. The first kappa shape index (κ1) is 14.1. The van der Waals surface area contributed by atoms with Gasteiger partial charge in [0.1, 0.15) is 5.75 Å². The molecule has 0 amide bonds. The number of halogens is 1. The number of benzene rings is 2. The number of methoxy groups -OCH3 is 1. The third-order valence-corrected chi connectivity index (χ3v) is 3.82. The highest BCUT2D eigenvalue weighted by molar-refractivity contribution is 9.10. The van der Waals surface area contributed by atoms with E-state index in [-0.39, 0.29) is 6.04 Å². The molecule has 0 aliphatic carbocycles. The second-order valence-corrected chi connectivity index (χ2v) is 5.11. The Hall–Kier alpha value is -1.36. The lowest BCUT2D eigenvalue weighted by Gasteiger charge is -2.19. The number of rotatable bonds is 5. The zero-order valence-electron chi connectivity index (χ0n) is 10.8. The molecule has 0 radical (unpaired) electrons. The van der Waals surface area contributed by atoms with Gasteiger partial charge in [-0.1, -0.05) is 52.3 Å². The van der Waals surface area contributed by atoms with E-state index in [4.69, 9.17) is 10.6 Å². The summed E-state index contributed by atoms with van der Waals surface area (Å²) in [5.74, 6) is 6.59. The lowest BCUT2D eigenvalue weighted by atomic mass is 9.99. The number of hydrogen-bond donors (Lipinski definition) is 2. The number of nitrogens with two attached hydrogens (primary N) is 1. The average Bonchev–Trinajstić information content (AvgIpc) is 2.46. The Bertz CT molecular complexity index is 545. The largest absolute Gasteiger partial charge is 0.496 e. The van der Waals surface area contributed by atoms with Crippen molar-refractivity contribution in [1.29, 1.82) is 0 Å². The van der Waals surface area contributed by atoms with Crippen molar-refractivity contribution in [1.82, 2.24) is 5.43 Å². The van der Waals surface area contributed by atoms with Gasteiger partial charge in [-0.05, 0) is 29.7 Å². The van der Waals surface area contributed by atoms with Crippen LogP contribution in [0.5, 0.6) is 5.75 Å².